The smallest absolute Gasteiger partial charge is 0.334 e. The molecular weight excluding hydrogens is 312 g/mol. The lowest BCUT2D eigenvalue weighted by atomic mass is 9.48. The van der Waals surface area contributed by atoms with Gasteiger partial charge in [-0.3, -0.25) is 0 Å². The number of esters is 1. The van der Waals surface area contributed by atoms with E-state index in [1.807, 2.05) is 0 Å². The summed E-state index contributed by atoms with van der Waals surface area (Å²) < 4.78 is 10.7. The molecule has 3 heteroatoms. The summed E-state index contributed by atoms with van der Waals surface area (Å²) in [6.07, 6.45) is 9.94. The van der Waals surface area contributed by atoms with Crippen molar-refractivity contribution in [2.24, 2.45) is 17.8 Å². The van der Waals surface area contributed by atoms with Gasteiger partial charge in [0, 0.05) is 0 Å². The van der Waals surface area contributed by atoms with Gasteiger partial charge >= 0.3 is 5.97 Å². The number of hydrogen-bond acceptors (Lipinski definition) is 3. The molecule has 4 aliphatic rings. The minimum Gasteiger partial charge on any atom is -0.463 e. The van der Waals surface area contributed by atoms with Gasteiger partial charge in [0.2, 0.25) is 0 Å². The highest BCUT2D eigenvalue weighted by Gasteiger charge is 2.51. The molecule has 0 radical (unpaired) electrons. The van der Waals surface area contributed by atoms with Crippen LogP contribution in [0.4, 0.5) is 0 Å². The third kappa shape index (κ3) is 3.33. The number of carbonyl (C=O) groups is 1. The highest BCUT2D eigenvalue weighted by molar-refractivity contribution is 5.82. The lowest BCUT2D eigenvalue weighted by Gasteiger charge is -2.57. The van der Waals surface area contributed by atoms with Crippen molar-refractivity contribution in [2.75, 3.05) is 6.61 Å². The zero-order valence-electron chi connectivity index (χ0n) is 15.3. The highest BCUT2D eigenvalue weighted by atomic mass is 16.5. The molecule has 0 unspecified atom stereocenters. The zero-order chi connectivity index (χ0) is 17.4. The predicted molar refractivity (Wildman–Crippen MR) is 97.3 cm³/mol. The van der Waals surface area contributed by atoms with Crippen LogP contribution in [0.25, 0.3) is 0 Å². The van der Waals surface area contributed by atoms with Crippen molar-refractivity contribution in [1.29, 1.82) is 0 Å². The molecule has 1 aromatic rings. The van der Waals surface area contributed by atoms with E-state index in [0.29, 0.717) is 17.8 Å². The summed E-state index contributed by atoms with van der Waals surface area (Å²) >= 11 is 0. The first-order chi connectivity index (χ1) is 12.1. The summed E-state index contributed by atoms with van der Waals surface area (Å²) in [5.74, 6) is 3.85. The third-order valence-corrected chi connectivity index (χ3v) is 6.39. The molecule has 0 saturated heterocycles. The summed E-state index contributed by atoms with van der Waals surface area (Å²) in [5.41, 5.74) is 1.91. The maximum absolute atomic E-state index is 11.5. The summed E-state index contributed by atoms with van der Waals surface area (Å²) in [6, 6.07) is 8.60. The Kier molecular flexibility index (Phi) is 4.35. The van der Waals surface area contributed by atoms with Crippen LogP contribution in [0.1, 0.15) is 57.9 Å². The molecular formula is C22H28O3. The SMILES string of the molecule is CCOC(=O)/C=C(/C)Oc1ccc(C23CC4CC(CC(C4)C2)C3)cc1. The molecule has 4 fully saturated rings. The van der Waals surface area contributed by atoms with Crippen molar-refractivity contribution in [1.82, 2.24) is 0 Å². The molecule has 0 aliphatic heterocycles. The molecule has 4 aliphatic carbocycles. The molecule has 0 heterocycles. The van der Waals surface area contributed by atoms with E-state index in [4.69, 9.17) is 9.47 Å². The van der Waals surface area contributed by atoms with Gasteiger partial charge in [0.1, 0.15) is 11.5 Å². The molecule has 0 aromatic heterocycles. The van der Waals surface area contributed by atoms with Gasteiger partial charge in [0.25, 0.3) is 0 Å². The van der Waals surface area contributed by atoms with E-state index in [1.165, 1.54) is 50.2 Å². The fourth-order valence-electron chi connectivity index (χ4n) is 5.91. The Labute approximate surface area is 150 Å². The van der Waals surface area contributed by atoms with E-state index >= 15 is 0 Å². The Bertz CT molecular complexity index is 636. The zero-order valence-corrected chi connectivity index (χ0v) is 15.3. The van der Waals surface area contributed by atoms with E-state index in [-0.39, 0.29) is 5.97 Å². The molecule has 1 aromatic carbocycles. The van der Waals surface area contributed by atoms with E-state index in [1.54, 1.807) is 13.8 Å². The van der Waals surface area contributed by atoms with Crippen molar-refractivity contribution in [3.8, 4) is 5.75 Å². The number of allylic oxidation sites excluding steroid dienone is 1. The summed E-state index contributed by atoms with van der Waals surface area (Å²) in [6.45, 7) is 3.96. The first-order valence-corrected chi connectivity index (χ1v) is 9.70. The van der Waals surface area contributed by atoms with Crippen LogP contribution in [0.5, 0.6) is 5.75 Å². The largest absolute Gasteiger partial charge is 0.463 e. The predicted octanol–water partition coefficient (Wildman–Crippen LogP) is 5.00. The number of hydrogen-bond donors (Lipinski definition) is 0. The van der Waals surface area contributed by atoms with Crippen LogP contribution in [0, 0.1) is 17.8 Å². The number of ether oxygens (including phenoxy) is 2. The van der Waals surface area contributed by atoms with Crippen molar-refractivity contribution in [2.45, 2.75) is 57.8 Å². The fourth-order valence-corrected chi connectivity index (χ4v) is 5.91. The second-order valence-electron chi connectivity index (χ2n) is 8.33. The first kappa shape index (κ1) is 16.7. The maximum atomic E-state index is 11.5. The lowest BCUT2D eigenvalue weighted by molar-refractivity contribution is -0.137. The Morgan fingerprint density at radius 3 is 2.16 bits per heavy atom. The van der Waals surface area contributed by atoms with Gasteiger partial charge in [-0.25, -0.2) is 4.79 Å². The quantitative estimate of drug-likeness (QED) is 0.430. The Morgan fingerprint density at radius 2 is 1.64 bits per heavy atom. The van der Waals surface area contributed by atoms with E-state index < -0.39 is 0 Å². The Morgan fingerprint density at radius 1 is 1.08 bits per heavy atom. The normalized spacial score (nSPS) is 33.4. The molecule has 0 atom stereocenters. The molecule has 0 spiro atoms. The average Bonchev–Trinajstić information content (AvgIpc) is 2.54. The highest BCUT2D eigenvalue weighted by Crippen LogP contribution is 2.60. The van der Waals surface area contributed by atoms with Crippen molar-refractivity contribution >= 4 is 5.97 Å². The first-order valence-electron chi connectivity index (χ1n) is 9.70. The second kappa shape index (κ2) is 6.51. The van der Waals surface area contributed by atoms with Crippen molar-refractivity contribution in [3.63, 3.8) is 0 Å². The molecule has 134 valence electrons. The van der Waals surface area contributed by atoms with E-state index in [9.17, 15) is 4.79 Å². The number of carbonyl (C=O) groups excluding carboxylic acids is 1. The standard InChI is InChI=1S/C22H28O3/c1-3-24-21(23)8-15(2)25-20-6-4-19(5-7-20)22-12-16-9-17(13-22)11-18(10-16)14-22/h4-8,16-18H,3,9-14H2,1-2H3/b15-8-. The molecule has 3 nitrogen and oxygen atoms in total. The van der Waals surface area contributed by atoms with Gasteiger partial charge < -0.3 is 9.47 Å². The lowest BCUT2D eigenvalue weighted by Crippen LogP contribution is -2.48. The van der Waals surface area contributed by atoms with Crippen LogP contribution < -0.4 is 4.74 Å². The van der Waals surface area contributed by atoms with Gasteiger partial charge in [-0.05, 0) is 93.2 Å². The van der Waals surface area contributed by atoms with Crippen LogP contribution in [-0.2, 0) is 14.9 Å². The van der Waals surface area contributed by atoms with Gasteiger partial charge in [0.05, 0.1) is 12.7 Å². The van der Waals surface area contributed by atoms with Crippen LogP contribution in [0.3, 0.4) is 0 Å². The Hall–Kier alpha value is -1.77. The van der Waals surface area contributed by atoms with Crippen LogP contribution in [0.15, 0.2) is 36.1 Å². The molecule has 4 saturated carbocycles. The Balaban J connectivity index is 1.47. The second-order valence-corrected chi connectivity index (χ2v) is 8.33. The van der Waals surface area contributed by atoms with Crippen molar-refractivity contribution in [3.05, 3.63) is 41.7 Å². The van der Waals surface area contributed by atoms with Crippen LogP contribution in [0.2, 0.25) is 0 Å². The fraction of sp³-hybridized carbons (Fsp3) is 0.591. The summed E-state index contributed by atoms with van der Waals surface area (Å²) in [7, 11) is 0. The average molecular weight is 340 g/mol. The van der Waals surface area contributed by atoms with Crippen molar-refractivity contribution < 1.29 is 14.3 Å². The minimum absolute atomic E-state index is 0.356. The third-order valence-electron chi connectivity index (χ3n) is 6.39. The monoisotopic (exact) mass is 340 g/mol. The van der Waals surface area contributed by atoms with E-state index in [2.05, 4.69) is 24.3 Å². The van der Waals surface area contributed by atoms with Crippen LogP contribution >= 0.6 is 0 Å². The van der Waals surface area contributed by atoms with Gasteiger partial charge in [-0.2, -0.15) is 0 Å². The van der Waals surface area contributed by atoms with Crippen LogP contribution in [-0.4, -0.2) is 12.6 Å². The van der Waals surface area contributed by atoms with E-state index in [0.717, 1.165) is 23.5 Å². The molecule has 0 amide bonds. The molecule has 25 heavy (non-hydrogen) atoms. The molecule has 4 bridgehead atoms. The number of benzene rings is 1. The topological polar surface area (TPSA) is 35.5 Å². The van der Waals surface area contributed by atoms with Gasteiger partial charge in [-0.1, -0.05) is 12.1 Å². The maximum Gasteiger partial charge on any atom is 0.334 e. The summed E-state index contributed by atoms with van der Waals surface area (Å²) in [5, 5.41) is 0. The van der Waals surface area contributed by atoms with Gasteiger partial charge in [-0.15, -0.1) is 0 Å². The summed E-state index contributed by atoms with van der Waals surface area (Å²) in [4.78, 5) is 11.5. The minimum atomic E-state index is -0.356. The molecule has 0 N–H and O–H groups in total. The number of rotatable bonds is 5. The molecule has 5 rings (SSSR count). The van der Waals surface area contributed by atoms with Gasteiger partial charge in [0.15, 0.2) is 0 Å².